The highest BCUT2D eigenvalue weighted by Gasteiger charge is 2.60. The second-order valence-corrected chi connectivity index (χ2v) is 6.83. The van der Waals surface area contributed by atoms with Crippen LogP contribution in [0.1, 0.15) is 35.4 Å². The molecule has 27 heavy (non-hydrogen) atoms. The normalized spacial score (nSPS) is 16.7. The van der Waals surface area contributed by atoms with Gasteiger partial charge in [0.25, 0.3) is 11.5 Å². The second kappa shape index (κ2) is 7.09. The minimum Gasteiger partial charge on any atom is -0.369 e. The third kappa shape index (κ3) is 3.91. The van der Waals surface area contributed by atoms with Gasteiger partial charge in [-0.15, -0.1) is 0 Å². The molecular weight excluding hydrogens is 388 g/mol. The first-order chi connectivity index (χ1) is 12.6. The van der Waals surface area contributed by atoms with Crippen molar-refractivity contribution >= 4 is 17.5 Å². The molecule has 2 N–H and O–H groups in total. The topological polar surface area (TPSA) is 62.2 Å². The number of benzene rings is 1. The minimum atomic E-state index is -5.37. The van der Waals surface area contributed by atoms with E-state index in [-0.39, 0.29) is 6.54 Å². The molecule has 1 aliphatic rings. The Bertz CT molecular complexity index is 871. The third-order valence-corrected chi connectivity index (χ3v) is 4.70. The number of hydrogen-bond donors (Lipinski definition) is 2. The first kappa shape index (κ1) is 19.6. The molecule has 2 aromatic rings. The van der Waals surface area contributed by atoms with Gasteiger partial charge in [-0.2, -0.15) is 13.2 Å². The van der Waals surface area contributed by atoms with Gasteiger partial charge in [-0.1, -0.05) is 23.7 Å². The van der Waals surface area contributed by atoms with Crippen molar-refractivity contribution in [3.05, 3.63) is 64.2 Å². The summed E-state index contributed by atoms with van der Waals surface area (Å²) in [4.78, 5) is 16.3. The van der Waals surface area contributed by atoms with Crippen molar-refractivity contribution in [1.82, 2.24) is 10.3 Å². The van der Waals surface area contributed by atoms with E-state index in [0.717, 1.165) is 30.5 Å². The van der Waals surface area contributed by atoms with Crippen molar-refractivity contribution in [2.45, 2.75) is 37.1 Å². The van der Waals surface area contributed by atoms with Crippen LogP contribution in [0, 0.1) is 5.82 Å². The Balaban J connectivity index is 1.83. The Hall–Kier alpha value is -2.19. The zero-order chi connectivity index (χ0) is 19.8. The lowest BCUT2D eigenvalue weighted by Crippen LogP contribution is -2.54. The lowest BCUT2D eigenvalue weighted by atomic mass is 9.91. The standard InChI is InChI=1S/C18H15ClF4N2O2/c19-14-4-3-13(6-15(14)20)17(27,18(21,22)23)16(26)25-8-10-5-12(9-24-7-10)11-1-2-11/h3-7,9,11,27H,1-2,8H2,(H,25,26). The van der Waals surface area contributed by atoms with Crippen molar-refractivity contribution in [3.63, 3.8) is 0 Å². The molecule has 1 amide bonds. The van der Waals surface area contributed by atoms with Crippen LogP contribution in [0.3, 0.4) is 0 Å². The lowest BCUT2D eigenvalue weighted by molar-refractivity contribution is -0.257. The van der Waals surface area contributed by atoms with Crippen molar-refractivity contribution in [2.24, 2.45) is 0 Å². The predicted octanol–water partition coefficient (Wildman–Crippen LogP) is 3.82. The summed E-state index contributed by atoms with van der Waals surface area (Å²) in [6.07, 6.45) is -0.237. The summed E-state index contributed by atoms with van der Waals surface area (Å²) in [6.45, 7) is -0.263. The highest BCUT2D eigenvalue weighted by atomic mass is 35.5. The van der Waals surface area contributed by atoms with Crippen LogP contribution >= 0.6 is 11.6 Å². The van der Waals surface area contributed by atoms with Crippen LogP contribution in [0.2, 0.25) is 5.02 Å². The van der Waals surface area contributed by atoms with Gasteiger partial charge in [0.1, 0.15) is 5.82 Å². The molecule has 1 saturated carbocycles. The zero-order valence-corrected chi connectivity index (χ0v) is 14.6. The number of aromatic nitrogens is 1. The average Bonchev–Trinajstić information content (AvgIpc) is 3.45. The monoisotopic (exact) mass is 402 g/mol. The Kier molecular flexibility index (Phi) is 5.14. The van der Waals surface area contributed by atoms with Crippen LogP contribution in [0.5, 0.6) is 0 Å². The molecule has 1 unspecified atom stereocenters. The van der Waals surface area contributed by atoms with Crippen molar-refractivity contribution in [3.8, 4) is 0 Å². The molecule has 1 atom stereocenters. The van der Waals surface area contributed by atoms with E-state index in [9.17, 15) is 27.5 Å². The van der Waals surface area contributed by atoms with E-state index >= 15 is 0 Å². The van der Waals surface area contributed by atoms with Gasteiger partial charge in [0.05, 0.1) is 5.02 Å². The van der Waals surface area contributed by atoms with Gasteiger partial charge in [-0.3, -0.25) is 9.78 Å². The Labute approximate surface area is 157 Å². The largest absolute Gasteiger partial charge is 0.430 e. The molecule has 1 heterocycles. The molecule has 0 spiro atoms. The third-order valence-electron chi connectivity index (χ3n) is 4.39. The number of pyridine rings is 1. The second-order valence-electron chi connectivity index (χ2n) is 6.42. The summed E-state index contributed by atoms with van der Waals surface area (Å²) in [5.74, 6) is -2.50. The van der Waals surface area contributed by atoms with Crippen LogP contribution in [-0.4, -0.2) is 22.2 Å². The van der Waals surface area contributed by atoms with Gasteiger partial charge in [0, 0.05) is 24.5 Å². The van der Waals surface area contributed by atoms with E-state index in [1.54, 1.807) is 12.3 Å². The highest BCUT2D eigenvalue weighted by Crippen LogP contribution is 2.41. The van der Waals surface area contributed by atoms with E-state index in [4.69, 9.17) is 11.6 Å². The molecule has 144 valence electrons. The van der Waals surface area contributed by atoms with Crippen LogP contribution in [-0.2, 0) is 16.9 Å². The number of hydrogen-bond acceptors (Lipinski definition) is 3. The number of nitrogens with zero attached hydrogens (tertiary/aromatic N) is 1. The molecule has 9 heteroatoms. The van der Waals surface area contributed by atoms with Gasteiger partial charge in [-0.05, 0) is 42.0 Å². The summed E-state index contributed by atoms with van der Waals surface area (Å²) in [5, 5.41) is 11.8. The predicted molar refractivity (Wildman–Crippen MR) is 89.4 cm³/mol. The molecule has 0 bridgehead atoms. The number of carbonyl (C=O) groups excluding carboxylic acids is 1. The summed E-state index contributed by atoms with van der Waals surface area (Å²) in [7, 11) is 0. The summed E-state index contributed by atoms with van der Waals surface area (Å²) in [5.41, 5.74) is -3.42. The van der Waals surface area contributed by atoms with Crippen LogP contribution < -0.4 is 5.32 Å². The van der Waals surface area contributed by atoms with Crippen LogP contribution in [0.25, 0.3) is 0 Å². The number of carbonyl (C=O) groups is 1. The van der Waals surface area contributed by atoms with E-state index in [1.165, 1.54) is 6.20 Å². The Morgan fingerprint density at radius 2 is 1.96 bits per heavy atom. The summed E-state index contributed by atoms with van der Waals surface area (Å²) in [6, 6.07) is 3.75. The fraction of sp³-hybridized carbons (Fsp3) is 0.333. The number of nitrogens with one attached hydrogen (secondary N) is 1. The maximum Gasteiger partial charge on any atom is 0.430 e. The van der Waals surface area contributed by atoms with E-state index in [2.05, 4.69) is 10.3 Å². The van der Waals surface area contributed by atoms with E-state index < -0.39 is 34.1 Å². The quantitative estimate of drug-likeness (QED) is 0.747. The molecule has 1 aliphatic carbocycles. The zero-order valence-electron chi connectivity index (χ0n) is 13.9. The molecule has 3 rings (SSSR count). The van der Waals surface area contributed by atoms with Crippen molar-refractivity contribution in [2.75, 3.05) is 0 Å². The average molecular weight is 403 g/mol. The molecular formula is C18H15ClF4N2O2. The lowest BCUT2D eigenvalue weighted by Gasteiger charge is -2.29. The molecule has 0 aliphatic heterocycles. The summed E-state index contributed by atoms with van der Waals surface area (Å²) < 4.78 is 54.1. The van der Waals surface area contributed by atoms with Gasteiger partial charge < -0.3 is 10.4 Å². The van der Waals surface area contributed by atoms with Crippen molar-refractivity contribution in [1.29, 1.82) is 0 Å². The van der Waals surface area contributed by atoms with Crippen molar-refractivity contribution < 1.29 is 27.5 Å². The van der Waals surface area contributed by atoms with E-state index in [1.807, 2.05) is 0 Å². The Morgan fingerprint density at radius 1 is 1.26 bits per heavy atom. The number of aliphatic hydroxyl groups is 1. The van der Waals surface area contributed by atoms with Crippen LogP contribution in [0.4, 0.5) is 17.6 Å². The number of rotatable bonds is 5. The molecule has 0 radical (unpaired) electrons. The fourth-order valence-electron chi connectivity index (χ4n) is 2.70. The molecule has 0 saturated heterocycles. The first-order valence-corrected chi connectivity index (χ1v) is 8.47. The summed E-state index contributed by atoms with van der Waals surface area (Å²) >= 11 is 5.47. The number of alkyl halides is 3. The van der Waals surface area contributed by atoms with Gasteiger partial charge >= 0.3 is 6.18 Å². The van der Waals surface area contributed by atoms with Gasteiger partial charge in [0.15, 0.2) is 0 Å². The smallest absolute Gasteiger partial charge is 0.369 e. The maximum atomic E-state index is 13.6. The maximum absolute atomic E-state index is 13.6. The Morgan fingerprint density at radius 3 is 2.56 bits per heavy atom. The minimum absolute atomic E-state index is 0.263. The van der Waals surface area contributed by atoms with Gasteiger partial charge in [-0.25, -0.2) is 4.39 Å². The van der Waals surface area contributed by atoms with Gasteiger partial charge in [0.2, 0.25) is 0 Å². The fourth-order valence-corrected chi connectivity index (χ4v) is 2.82. The number of amides is 1. The first-order valence-electron chi connectivity index (χ1n) is 8.09. The molecule has 1 aromatic carbocycles. The molecule has 1 aromatic heterocycles. The highest BCUT2D eigenvalue weighted by molar-refractivity contribution is 6.30. The SMILES string of the molecule is O=C(NCc1cncc(C2CC2)c1)C(O)(c1ccc(Cl)c(F)c1)C(F)(F)F. The molecule has 1 fully saturated rings. The van der Waals surface area contributed by atoms with E-state index in [0.29, 0.717) is 17.5 Å². The van der Waals surface area contributed by atoms with Crippen LogP contribution in [0.15, 0.2) is 36.7 Å². The number of halogens is 5. The molecule has 4 nitrogen and oxygen atoms in total.